The molecule has 1 aromatic carbocycles. The standard InChI is InChI=1S/C11H18N2O3S/c1-4-17(14,15)13(2)10-7-9(8-12)5-6-11(10)16-3/h5-7H,4,8,12H2,1-3H3. The molecule has 0 aliphatic carbocycles. The number of benzene rings is 1. The Kier molecular flexibility index (Phi) is 4.36. The lowest BCUT2D eigenvalue weighted by Gasteiger charge is -2.21. The summed E-state index contributed by atoms with van der Waals surface area (Å²) in [7, 11) is -0.278. The molecule has 0 spiro atoms. The molecule has 5 nitrogen and oxygen atoms in total. The van der Waals surface area contributed by atoms with E-state index >= 15 is 0 Å². The highest BCUT2D eigenvalue weighted by atomic mass is 32.2. The zero-order valence-electron chi connectivity index (χ0n) is 10.3. The van der Waals surface area contributed by atoms with Crippen molar-refractivity contribution in [3.05, 3.63) is 23.8 Å². The molecule has 0 radical (unpaired) electrons. The van der Waals surface area contributed by atoms with Crippen LogP contribution in [0.25, 0.3) is 0 Å². The molecule has 0 bridgehead atoms. The lowest BCUT2D eigenvalue weighted by Crippen LogP contribution is -2.28. The van der Waals surface area contributed by atoms with E-state index in [1.165, 1.54) is 18.5 Å². The molecule has 1 aromatic rings. The minimum Gasteiger partial charge on any atom is -0.495 e. The second-order valence-corrected chi connectivity index (χ2v) is 5.87. The van der Waals surface area contributed by atoms with Crippen LogP contribution in [-0.2, 0) is 16.6 Å². The molecule has 0 amide bonds. The maximum Gasteiger partial charge on any atom is 0.234 e. The molecule has 6 heteroatoms. The van der Waals surface area contributed by atoms with Crippen molar-refractivity contribution in [3.8, 4) is 5.75 Å². The van der Waals surface area contributed by atoms with E-state index in [-0.39, 0.29) is 5.75 Å². The summed E-state index contributed by atoms with van der Waals surface area (Å²) >= 11 is 0. The summed E-state index contributed by atoms with van der Waals surface area (Å²) in [6.07, 6.45) is 0. The van der Waals surface area contributed by atoms with E-state index in [0.29, 0.717) is 18.0 Å². The molecule has 0 heterocycles. The quantitative estimate of drug-likeness (QED) is 0.853. The van der Waals surface area contributed by atoms with Crippen LogP contribution in [0, 0.1) is 0 Å². The predicted molar refractivity (Wildman–Crippen MR) is 68.7 cm³/mol. The van der Waals surface area contributed by atoms with Crippen molar-refractivity contribution in [1.29, 1.82) is 0 Å². The molecular formula is C11H18N2O3S. The summed E-state index contributed by atoms with van der Waals surface area (Å²) in [6, 6.07) is 5.26. The zero-order valence-corrected chi connectivity index (χ0v) is 11.1. The largest absolute Gasteiger partial charge is 0.495 e. The van der Waals surface area contributed by atoms with Gasteiger partial charge in [-0.3, -0.25) is 4.31 Å². The van der Waals surface area contributed by atoms with E-state index < -0.39 is 10.0 Å². The fourth-order valence-corrected chi connectivity index (χ4v) is 2.28. The highest BCUT2D eigenvalue weighted by Crippen LogP contribution is 2.30. The summed E-state index contributed by atoms with van der Waals surface area (Å²) in [6.45, 7) is 1.96. The number of nitrogens with two attached hydrogens (primary N) is 1. The van der Waals surface area contributed by atoms with Crippen molar-refractivity contribution >= 4 is 15.7 Å². The summed E-state index contributed by atoms with van der Waals surface area (Å²) in [5.41, 5.74) is 6.91. The van der Waals surface area contributed by atoms with Gasteiger partial charge in [0.1, 0.15) is 5.75 Å². The Balaban J connectivity index is 3.28. The number of ether oxygens (including phenoxy) is 1. The molecule has 0 saturated heterocycles. The van der Waals surface area contributed by atoms with Gasteiger partial charge in [0.05, 0.1) is 18.6 Å². The van der Waals surface area contributed by atoms with E-state index in [2.05, 4.69) is 0 Å². The van der Waals surface area contributed by atoms with Gasteiger partial charge in [-0.1, -0.05) is 6.07 Å². The molecule has 0 atom stereocenters. The van der Waals surface area contributed by atoms with E-state index in [0.717, 1.165) is 5.56 Å². The average molecular weight is 258 g/mol. The second kappa shape index (κ2) is 5.37. The number of anilines is 1. The SMILES string of the molecule is CCS(=O)(=O)N(C)c1cc(CN)ccc1OC. The van der Waals surface area contributed by atoms with Gasteiger partial charge in [-0.05, 0) is 24.6 Å². The fraction of sp³-hybridized carbons (Fsp3) is 0.455. The van der Waals surface area contributed by atoms with Crippen LogP contribution in [0.5, 0.6) is 5.75 Å². The minimum absolute atomic E-state index is 0.0412. The first kappa shape index (κ1) is 13.8. The van der Waals surface area contributed by atoms with Gasteiger partial charge in [0, 0.05) is 13.6 Å². The van der Waals surface area contributed by atoms with Crippen LogP contribution in [0.2, 0.25) is 0 Å². The molecule has 17 heavy (non-hydrogen) atoms. The van der Waals surface area contributed by atoms with Gasteiger partial charge in [-0.15, -0.1) is 0 Å². The number of rotatable bonds is 5. The third-order valence-electron chi connectivity index (χ3n) is 2.60. The monoisotopic (exact) mass is 258 g/mol. The molecule has 0 aliphatic rings. The van der Waals surface area contributed by atoms with Crippen molar-refractivity contribution in [3.63, 3.8) is 0 Å². The molecule has 1 rings (SSSR count). The number of methoxy groups -OCH3 is 1. The van der Waals surface area contributed by atoms with Gasteiger partial charge in [0.15, 0.2) is 0 Å². The molecule has 0 aromatic heterocycles. The number of sulfonamides is 1. The lowest BCUT2D eigenvalue weighted by atomic mass is 10.2. The summed E-state index contributed by atoms with van der Waals surface area (Å²) < 4.78 is 30.0. The Morgan fingerprint density at radius 3 is 2.53 bits per heavy atom. The summed E-state index contributed by atoms with van der Waals surface area (Å²) in [4.78, 5) is 0. The second-order valence-electron chi connectivity index (χ2n) is 3.58. The Morgan fingerprint density at radius 2 is 2.06 bits per heavy atom. The van der Waals surface area contributed by atoms with Crippen molar-refractivity contribution in [2.24, 2.45) is 5.73 Å². The maximum absolute atomic E-state index is 11.8. The van der Waals surface area contributed by atoms with Crippen LogP contribution in [0.4, 0.5) is 5.69 Å². The first-order valence-corrected chi connectivity index (χ1v) is 6.90. The third-order valence-corrected chi connectivity index (χ3v) is 4.36. The highest BCUT2D eigenvalue weighted by molar-refractivity contribution is 7.92. The highest BCUT2D eigenvalue weighted by Gasteiger charge is 2.19. The summed E-state index contributed by atoms with van der Waals surface area (Å²) in [5, 5.41) is 0. The minimum atomic E-state index is -3.30. The number of hydrogen-bond donors (Lipinski definition) is 1. The molecule has 0 aliphatic heterocycles. The molecule has 0 saturated carbocycles. The van der Waals surface area contributed by atoms with Crippen molar-refractivity contribution in [1.82, 2.24) is 0 Å². The Labute approximate surface area is 102 Å². The van der Waals surface area contributed by atoms with E-state index in [9.17, 15) is 8.42 Å². The third kappa shape index (κ3) is 2.89. The topological polar surface area (TPSA) is 72.6 Å². The first-order valence-electron chi connectivity index (χ1n) is 5.29. The Hall–Kier alpha value is -1.27. The van der Waals surface area contributed by atoms with Crippen molar-refractivity contribution < 1.29 is 13.2 Å². The average Bonchev–Trinajstić information content (AvgIpc) is 2.36. The molecule has 0 fully saturated rings. The van der Waals surface area contributed by atoms with E-state index in [4.69, 9.17) is 10.5 Å². The summed E-state index contributed by atoms with van der Waals surface area (Å²) in [5.74, 6) is 0.557. The van der Waals surface area contributed by atoms with Gasteiger partial charge >= 0.3 is 0 Å². The first-order chi connectivity index (χ1) is 7.96. The van der Waals surface area contributed by atoms with Gasteiger partial charge in [-0.2, -0.15) is 0 Å². The number of hydrogen-bond acceptors (Lipinski definition) is 4. The van der Waals surface area contributed by atoms with Gasteiger partial charge in [0.25, 0.3) is 0 Å². The van der Waals surface area contributed by atoms with Crippen LogP contribution in [0.15, 0.2) is 18.2 Å². The number of nitrogens with zero attached hydrogens (tertiary/aromatic N) is 1. The predicted octanol–water partition coefficient (Wildman–Crippen LogP) is 0.940. The zero-order chi connectivity index (χ0) is 13.1. The fourth-order valence-electron chi connectivity index (χ4n) is 1.45. The van der Waals surface area contributed by atoms with Crippen molar-refractivity contribution in [2.45, 2.75) is 13.5 Å². The maximum atomic E-state index is 11.8. The van der Waals surface area contributed by atoms with Crippen molar-refractivity contribution in [2.75, 3.05) is 24.2 Å². The lowest BCUT2D eigenvalue weighted by molar-refractivity contribution is 0.415. The van der Waals surface area contributed by atoms with Gasteiger partial charge in [0.2, 0.25) is 10.0 Å². The van der Waals surface area contributed by atoms with Crippen LogP contribution in [0.3, 0.4) is 0 Å². The van der Waals surface area contributed by atoms with Crippen LogP contribution in [0.1, 0.15) is 12.5 Å². The molecule has 2 N–H and O–H groups in total. The molecular weight excluding hydrogens is 240 g/mol. The van der Waals surface area contributed by atoms with Crippen LogP contribution >= 0.6 is 0 Å². The molecule has 0 unspecified atom stereocenters. The van der Waals surface area contributed by atoms with E-state index in [1.807, 2.05) is 6.07 Å². The molecule has 96 valence electrons. The van der Waals surface area contributed by atoms with Crippen LogP contribution in [-0.4, -0.2) is 28.3 Å². The van der Waals surface area contributed by atoms with Gasteiger partial charge < -0.3 is 10.5 Å². The van der Waals surface area contributed by atoms with Gasteiger partial charge in [-0.25, -0.2) is 8.42 Å². The van der Waals surface area contributed by atoms with Crippen LogP contribution < -0.4 is 14.8 Å². The normalized spacial score (nSPS) is 11.3. The smallest absolute Gasteiger partial charge is 0.234 e. The van der Waals surface area contributed by atoms with E-state index in [1.54, 1.807) is 19.1 Å². The Bertz CT molecular complexity index is 485. The Morgan fingerprint density at radius 1 is 1.41 bits per heavy atom.